The first kappa shape index (κ1) is 9.94. The van der Waals surface area contributed by atoms with Gasteiger partial charge in [0, 0.05) is 19.4 Å². The number of nitrogens with one attached hydrogen (secondary N) is 1. The number of rotatable bonds is 5. The fraction of sp³-hybridized carbons (Fsp3) is 0.714. The van der Waals surface area contributed by atoms with Crippen molar-refractivity contribution in [2.24, 2.45) is 0 Å². The summed E-state index contributed by atoms with van der Waals surface area (Å²) in [5.74, 6) is -0.0661. The molecule has 0 aromatic heterocycles. The highest BCUT2D eigenvalue weighted by atomic mass is 16.5. The van der Waals surface area contributed by atoms with Gasteiger partial charge in [0.2, 0.25) is 5.91 Å². The van der Waals surface area contributed by atoms with Gasteiger partial charge in [0.05, 0.1) is 6.61 Å². The molecule has 11 heavy (non-hydrogen) atoms. The number of hydrogen-bond donors (Lipinski definition) is 1. The number of carbonyl (C=O) groups excluding carboxylic acids is 2. The molecule has 0 bridgehead atoms. The van der Waals surface area contributed by atoms with Crippen LogP contribution in [-0.4, -0.2) is 25.0 Å². The molecular weight excluding hydrogens is 146 g/mol. The van der Waals surface area contributed by atoms with Crippen molar-refractivity contribution in [1.29, 1.82) is 0 Å². The highest BCUT2D eigenvalue weighted by Gasteiger charge is 2.01. The van der Waals surface area contributed by atoms with Crippen LogP contribution in [0.1, 0.15) is 20.3 Å². The zero-order valence-corrected chi connectivity index (χ0v) is 6.79. The van der Waals surface area contributed by atoms with Crippen LogP contribution < -0.4 is 5.32 Å². The molecule has 0 aromatic carbocycles. The molecule has 0 aliphatic rings. The maximum Gasteiger partial charge on any atom is 0.293 e. The molecule has 0 aromatic rings. The third kappa shape index (κ3) is 6.83. The Morgan fingerprint density at radius 3 is 2.82 bits per heavy atom. The lowest BCUT2D eigenvalue weighted by atomic mass is 10.2. The van der Waals surface area contributed by atoms with Crippen molar-refractivity contribution in [3.05, 3.63) is 0 Å². The van der Waals surface area contributed by atoms with E-state index < -0.39 is 0 Å². The van der Waals surface area contributed by atoms with Gasteiger partial charge < -0.3 is 10.1 Å². The molecule has 4 nitrogen and oxygen atoms in total. The summed E-state index contributed by atoms with van der Waals surface area (Å²) in [5, 5.41) is 2.67. The van der Waals surface area contributed by atoms with E-state index in [1.165, 1.54) is 6.92 Å². The average molecular weight is 159 g/mol. The first-order chi connectivity index (χ1) is 5.16. The number of ether oxygens (including phenoxy) is 1. The zero-order valence-electron chi connectivity index (χ0n) is 6.79. The molecule has 0 fully saturated rings. The van der Waals surface area contributed by atoms with E-state index in [-0.39, 0.29) is 11.9 Å². The smallest absolute Gasteiger partial charge is 0.293 e. The summed E-state index contributed by atoms with van der Waals surface area (Å²) in [6.45, 7) is 4.07. The van der Waals surface area contributed by atoms with Crippen LogP contribution in [0.4, 0.5) is 0 Å². The molecule has 1 unspecified atom stereocenters. The third-order valence-electron chi connectivity index (χ3n) is 1.19. The Labute approximate surface area is 65.9 Å². The van der Waals surface area contributed by atoms with Gasteiger partial charge >= 0.3 is 0 Å². The molecule has 0 heterocycles. The molecule has 0 aliphatic carbocycles. The molecule has 1 N–H and O–H groups in total. The highest BCUT2D eigenvalue weighted by molar-refractivity contribution is 5.73. The van der Waals surface area contributed by atoms with E-state index in [0.29, 0.717) is 19.5 Å². The van der Waals surface area contributed by atoms with Gasteiger partial charge in [-0.1, -0.05) is 0 Å². The van der Waals surface area contributed by atoms with Crippen molar-refractivity contribution < 1.29 is 14.3 Å². The summed E-state index contributed by atoms with van der Waals surface area (Å²) in [6.07, 6.45) is 0.651. The molecule has 0 rings (SSSR count). The van der Waals surface area contributed by atoms with Crippen LogP contribution in [0.15, 0.2) is 0 Å². The second-order valence-electron chi connectivity index (χ2n) is 2.36. The van der Waals surface area contributed by atoms with E-state index in [4.69, 9.17) is 0 Å². The Bertz CT molecular complexity index is 136. The topological polar surface area (TPSA) is 55.4 Å². The van der Waals surface area contributed by atoms with Crippen molar-refractivity contribution in [2.75, 3.05) is 6.61 Å². The number of carbonyl (C=O) groups is 2. The lowest BCUT2D eigenvalue weighted by molar-refractivity contribution is -0.128. The van der Waals surface area contributed by atoms with E-state index in [1.54, 1.807) is 0 Å². The largest absolute Gasteiger partial charge is 0.468 e. The summed E-state index contributed by atoms with van der Waals surface area (Å²) in [5.41, 5.74) is 0. The Kier molecular flexibility index (Phi) is 5.15. The minimum absolute atomic E-state index is 0.0625. The van der Waals surface area contributed by atoms with E-state index in [1.807, 2.05) is 6.92 Å². The molecule has 64 valence electrons. The van der Waals surface area contributed by atoms with Crippen molar-refractivity contribution in [1.82, 2.24) is 5.32 Å². The third-order valence-corrected chi connectivity index (χ3v) is 1.19. The number of amides is 1. The predicted octanol–water partition coefficient (Wildman–Crippen LogP) is 0.0741. The van der Waals surface area contributed by atoms with Crippen LogP contribution >= 0.6 is 0 Å². The molecule has 1 atom stereocenters. The van der Waals surface area contributed by atoms with Crippen LogP contribution in [0.3, 0.4) is 0 Å². The minimum atomic E-state index is -0.0661. The van der Waals surface area contributed by atoms with Crippen molar-refractivity contribution in [2.45, 2.75) is 26.3 Å². The van der Waals surface area contributed by atoms with Crippen LogP contribution in [0, 0.1) is 0 Å². The van der Waals surface area contributed by atoms with Crippen LogP contribution in [-0.2, 0) is 14.3 Å². The summed E-state index contributed by atoms with van der Waals surface area (Å²) in [4.78, 5) is 20.2. The molecule has 1 amide bonds. The van der Waals surface area contributed by atoms with Crippen LogP contribution in [0.2, 0.25) is 0 Å². The van der Waals surface area contributed by atoms with Gasteiger partial charge in [-0.15, -0.1) is 0 Å². The minimum Gasteiger partial charge on any atom is -0.468 e. The molecule has 0 aliphatic heterocycles. The standard InChI is InChI=1S/C7H13NO3/c1-6(8-7(2)10)3-4-11-5-9/h5-6H,3-4H2,1-2H3,(H,8,10). The van der Waals surface area contributed by atoms with E-state index in [2.05, 4.69) is 10.1 Å². The molecule has 0 radical (unpaired) electrons. The molecule has 0 spiro atoms. The predicted molar refractivity (Wildman–Crippen MR) is 39.9 cm³/mol. The van der Waals surface area contributed by atoms with E-state index >= 15 is 0 Å². The Balaban J connectivity index is 3.28. The molecule has 0 saturated heterocycles. The Hall–Kier alpha value is -1.06. The maximum absolute atomic E-state index is 10.5. The summed E-state index contributed by atoms with van der Waals surface area (Å²) >= 11 is 0. The summed E-state index contributed by atoms with van der Waals surface area (Å²) < 4.78 is 4.45. The number of hydrogen-bond acceptors (Lipinski definition) is 3. The molecular formula is C7H13NO3. The average Bonchev–Trinajstić information content (AvgIpc) is 1.86. The summed E-state index contributed by atoms with van der Waals surface area (Å²) in [6, 6.07) is 0.0625. The van der Waals surface area contributed by atoms with Gasteiger partial charge in [0.1, 0.15) is 0 Å². The second-order valence-corrected chi connectivity index (χ2v) is 2.36. The van der Waals surface area contributed by atoms with Gasteiger partial charge in [-0.05, 0) is 6.92 Å². The first-order valence-corrected chi connectivity index (χ1v) is 3.49. The fourth-order valence-corrected chi connectivity index (χ4v) is 0.712. The van der Waals surface area contributed by atoms with Gasteiger partial charge in [0.25, 0.3) is 6.47 Å². The molecule has 4 heteroatoms. The first-order valence-electron chi connectivity index (χ1n) is 3.49. The summed E-state index contributed by atoms with van der Waals surface area (Å²) in [7, 11) is 0. The van der Waals surface area contributed by atoms with Crippen LogP contribution in [0.25, 0.3) is 0 Å². The molecule has 0 saturated carbocycles. The van der Waals surface area contributed by atoms with E-state index in [9.17, 15) is 9.59 Å². The monoisotopic (exact) mass is 159 g/mol. The Morgan fingerprint density at radius 2 is 2.36 bits per heavy atom. The lowest BCUT2D eigenvalue weighted by Gasteiger charge is -2.10. The van der Waals surface area contributed by atoms with Crippen molar-refractivity contribution in [3.63, 3.8) is 0 Å². The second kappa shape index (κ2) is 5.70. The van der Waals surface area contributed by atoms with Crippen LogP contribution in [0.5, 0.6) is 0 Å². The lowest BCUT2D eigenvalue weighted by Crippen LogP contribution is -2.31. The van der Waals surface area contributed by atoms with E-state index in [0.717, 1.165) is 0 Å². The zero-order chi connectivity index (χ0) is 8.69. The van der Waals surface area contributed by atoms with Gasteiger partial charge in [-0.2, -0.15) is 0 Å². The maximum atomic E-state index is 10.5. The Morgan fingerprint density at radius 1 is 1.73 bits per heavy atom. The van der Waals surface area contributed by atoms with Gasteiger partial charge in [-0.25, -0.2) is 0 Å². The highest BCUT2D eigenvalue weighted by Crippen LogP contribution is 1.89. The normalized spacial score (nSPS) is 11.8. The quantitative estimate of drug-likeness (QED) is 0.456. The van der Waals surface area contributed by atoms with Gasteiger partial charge in [-0.3, -0.25) is 9.59 Å². The van der Waals surface area contributed by atoms with Crippen molar-refractivity contribution >= 4 is 12.4 Å². The van der Waals surface area contributed by atoms with Gasteiger partial charge in [0.15, 0.2) is 0 Å². The SMILES string of the molecule is CC(=O)NC(C)CCOC=O. The fourth-order valence-electron chi connectivity index (χ4n) is 0.712. The van der Waals surface area contributed by atoms with Crippen molar-refractivity contribution in [3.8, 4) is 0 Å².